The Morgan fingerprint density at radius 1 is 1.33 bits per heavy atom. The van der Waals surface area contributed by atoms with Crippen LogP contribution in [-0.4, -0.2) is 38.7 Å². The van der Waals surface area contributed by atoms with Gasteiger partial charge in [-0.05, 0) is 49.4 Å². The molecule has 1 fully saturated rings. The molecule has 0 radical (unpaired) electrons. The molecular weight excluding hydrogens is 500 g/mol. The van der Waals surface area contributed by atoms with Crippen molar-refractivity contribution in [1.29, 1.82) is 0 Å². The summed E-state index contributed by atoms with van der Waals surface area (Å²) in [5.41, 5.74) is 2.76. The number of nitrogens with two attached hydrogens (primary N) is 1. The number of nitrogens with one attached hydrogen (secondary N) is 1. The van der Waals surface area contributed by atoms with Gasteiger partial charge in [-0.1, -0.05) is 11.6 Å². The summed E-state index contributed by atoms with van der Waals surface area (Å²) in [6.07, 6.45) is 4.95. The number of halogens is 1. The Hall–Kier alpha value is -1.57. The van der Waals surface area contributed by atoms with Gasteiger partial charge in [0.1, 0.15) is 18.0 Å². The first-order chi connectivity index (χ1) is 15.6. The van der Waals surface area contributed by atoms with Crippen LogP contribution in [0.15, 0.2) is 41.9 Å². The van der Waals surface area contributed by atoms with E-state index >= 15 is 0 Å². The van der Waals surface area contributed by atoms with Crippen molar-refractivity contribution in [1.82, 2.24) is 19.0 Å². The second kappa shape index (κ2) is 10.8. The zero-order chi connectivity index (χ0) is 22.1. The summed E-state index contributed by atoms with van der Waals surface area (Å²) < 4.78 is 9.42. The molecule has 33 heavy (non-hydrogen) atoms. The van der Waals surface area contributed by atoms with Crippen LogP contribution < -0.4 is 11.2 Å². The molecule has 0 spiro atoms. The molecule has 3 heterocycles. The quantitative estimate of drug-likeness (QED) is 0.0804. The predicted octanol–water partition coefficient (Wildman–Crippen LogP) is 5.27. The molecule has 2 atom stereocenters. The SMILES string of the molecule is CN(N)SOOCC1CCC(Nc2ccnc3cc(-c4csc5ccc(Cl)cc45)nn23)C1.S. The Morgan fingerprint density at radius 3 is 3.06 bits per heavy atom. The molecule has 0 bridgehead atoms. The third-order valence-electron chi connectivity index (χ3n) is 5.56. The summed E-state index contributed by atoms with van der Waals surface area (Å²) in [6.45, 7) is 0.546. The first kappa shape index (κ1) is 24.6. The Labute approximate surface area is 212 Å². The number of hydrogen-bond acceptors (Lipinski definition) is 9. The van der Waals surface area contributed by atoms with E-state index in [0.29, 0.717) is 18.6 Å². The second-order valence-corrected chi connectivity index (χ2v) is 10.1. The Kier molecular flexibility index (Phi) is 8.03. The van der Waals surface area contributed by atoms with Crippen LogP contribution in [-0.2, 0) is 9.22 Å². The highest BCUT2D eigenvalue weighted by Gasteiger charge is 2.26. The molecule has 1 saturated carbocycles. The fourth-order valence-electron chi connectivity index (χ4n) is 4.10. The minimum atomic E-state index is 0. The average molecular weight is 525 g/mol. The van der Waals surface area contributed by atoms with E-state index in [1.165, 1.54) is 9.11 Å². The highest BCUT2D eigenvalue weighted by molar-refractivity contribution is 7.92. The minimum Gasteiger partial charge on any atom is -0.367 e. The molecule has 8 nitrogen and oxygen atoms in total. The van der Waals surface area contributed by atoms with Crippen molar-refractivity contribution in [2.24, 2.45) is 11.8 Å². The van der Waals surface area contributed by atoms with Gasteiger partial charge in [-0.3, -0.25) is 5.84 Å². The first-order valence-electron chi connectivity index (χ1n) is 10.3. The smallest absolute Gasteiger partial charge is 0.157 e. The van der Waals surface area contributed by atoms with Gasteiger partial charge in [0.2, 0.25) is 0 Å². The van der Waals surface area contributed by atoms with Crippen LogP contribution in [0.5, 0.6) is 0 Å². The van der Waals surface area contributed by atoms with E-state index in [1.807, 2.05) is 41.0 Å². The number of anilines is 1. The van der Waals surface area contributed by atoms with Gasteiger partial charge < -0.3 is 5.32 Å². The maximum atomic E-state index is 6.23. The summed E-state index contributed by atoms with van der Waals surface area (Å²) in [6, 6.07) is 10.3. The van der Waals surface area contributed by atoms with Crippen LogP contribution in [0.4, 0.5) is 5.82 Å². The van der Waals surface area contributed by atoms with Crippen molar-refractivity contribution in [3.63, 3.8) is 0 Å². The van der Waals surface area contributed by atoms with Gasteiger partial charge in [0.15, 0.2) is 5.65 Å². The van der Waals surface area contributed by atoms with Gasteiger partial charge in [-0.15, -0.1) is 15.7 Å². The molecule has 3 N–H and O–H groups in total. The van der Waals surface area contributed by atoms with Gasteiger partial charge in [0.25, 0.3) is 0 Å². The lowest BCUT2D eigenvalue weighted by Crippen LogP contribution is -2.19. The Morgan fingerprint density at radius 2 is 2.21 bits per heavy atom. The summed E-state index contributed by atoms with van der Waals surface area (Å²) in [7, 11) is 1.69. The highest BCUT2D eigenvalue weighted by atomic mass is 35.5. The minimum absolute atomic E-state index is 0. The van der Waals surface area contributed by atoms with Gasteiger partial charge >= 0.3 is 0 Å². The van der Waals surface area contributed by atoms with Gasteiger partial charge in [0, 0.05) is 51.4 Å². The van der Waals surface area contributed by atoms with Crippen molar-refractivity contribution in [3.8, 4) is 11.3 Å². The predicted molar refractivity (Wildman–Crippen MR) is 141 cm³/mol. The molecular formula is C21H25ClN6O2S3. The normalized spacial score (nSPS) is 18.3. The first-order valence-corrected chi connectivity index (χ1v) is 12.3. The molecule has 3 aromatic heterocycles. The maximum Gasteiger partial charge on any atom is 0.157 e. The van der Waals surface area contributed by atoms with E-state index in [1.54, 1.807) is 18.4 Å². The largest absolute Gasteiger partial charge is 0.367 e. The van der Waals surface area contributed by atoms with E-state index in [0.717, 1.165) is 64.6 Å². The fraction of sp³-hybridized carbons (Fsp3) is 0.333. The van der Waals surface area contributed by atoms with E-state index in [9.17, 15) is 0 Å². The average Bonchev–Trinajstić information content (AvgIpc) is 3.49. The van der Waals surface area contributed by atoms with Crippen molar-refractivity contribution in [2.45, 2.75) is 25.3 Å². The number of hydrogen-bond donors (Lipinski definition) is 2. The number of thiophene rings is 1. The summed E-state index contributed by atoms with van der Waals surface area (Å²) >= 11 is 8.89. The Bertz CT molecular complexity index is 1230. The standard InChI is InChI=1S/C21H23ClN6O2S2.H2S/c1-27(23)32-30-29-11-13-2-4-15(8-13)25-20-6-7-24-21-10-18(26-28(20)21)17-12-31-19-5-3-14(22)9-16(17)19;/h3,5-7,9-10,12-13,15,25H,2,4,8,11,23H2,1H3;1H2. The highest BCUT2D eigenvalue weighted by Crippen LogP contribution is 2.36. The van der Waals surface area contributed by atoms with Gasteiger partial charge in [-0.25, -0.2) is 9.87 Å². The molecule has 0 aliphatic heterocycles. The van der Waals surface area contributed by atoms with Gasteiger partial charge in [-0.2, -0.15) is 27.5 Å². The Balaban J connectivity index is 0.00000259. The van der Waals surface area contributed by atoms with Crippen LogP contribution in [0.1, 0.15) is 19.3 Å². The zero-order valence-corrected chi connectivity index (χ0v) is 21.3. The molecule has 0 amide bonds. The summed E-state index contributed by atoms with van der Waals surface area (Å²) in [5, 5.41) is 12.5. The van der Waals surface area contributed by atoms with Crippen LogP contribution >= 0.6 is 48.7 Å². The number of nitrogens with zero attached hydrogens (tertiary/aromatic N) is 4. The maximum absolute atomic E-state index is 6.23. The van der Waals surface area contributed by atoms with E-state index in [2.05, 4.69) is 15.7 Å². The van der Waals surface area contributed by atoms with E-state index < -0.39 is 0 Å². The zero-order valence-electron chi connectivity index (χ0n) is 17.9. The van der Waals surface area contributed by atoms with Crippen molar-refractivity contribution in [3.05, 3.63) is 46.9 Å². The van der Waals surface area contributed by atoms with Crippen molar-refractivity contribution in [2.75, 3.05) is 19.0 Å². The molecule has 176 valence electrons. The van der Waals surface area contributed by atoms with Crippen LogP contribution in [0.25, 0.3) is 27.0 Å². The molecule has 0 saturated heterocycles. The molecule has 2 unspecified atom stereocenters. The summed E-state index contributed by atoms with van der Waals surface area (Å²) in [5.74, 6) is 6.84. The number of aromatic nitrogens is 3. The van der Waals surface area contributed by atoms with Gasteiger partial charge in [0.05, 0.1) is 12.3 Å². The summed E-state index contributed by atoms with van der Waals surface area (Å²) in [4.78, 5) is 9.77. The monoisotopic (exact) mass is 524 g/mol. The molecule has 5 rings (SSSR count). The molecule has 1 aliphatic carbocycles. The molecule has 1 aliphatic rings. The van der Waals surface area contributed by atoms with Crippen molar-refractivity contribution >= 4 is 70.2 Å². The number of fused-ring (bicyclic) bond motifs is 2. The lowest BCUT2D eigenvalue weighted by molar-refractivity contribution is -0.203. The lowest BCUT2D eigenvalue weighted by Gasteiger charge is -2.15. The second-order valence-electron chi connectivity index (χ2n) is 7.91. The van der Waals surface area contributed by atoms with Crippen LogP contribution in [0.3, 0.4) is 0 Å². The van der Waals surface area contributed by atoms with Crippen LogP contribution in [0, 0.1) is 5.92 Å². The lowest BCUT2D eigenvalue weighted by atomic mass is 10.1. The van der Waals surface area contributed by atoms with E-state index in [-0.39, 0.29) is 13.5 Å². The number of hydrazine groups is 1. The topological polar surface area (TPSA) is 89.9 Å². The third-order valence-corrected chi connectivity index (χ3v) is 7.15. The number of rotatable bonds is 8. The molecule has 4 aromatic rings. The van der Waals surface area contributed by atoms with E-state index in [4.69, 9.17) is 31.8 Å². The number of benzene rings is 1. The van der Waals surface area contributed by atoms with Crippen molar-refractivity contribution < 1.29 is 9.22 Å². The third kappa shape index (κ3) is 5.57. The molecule has 12 heteroatoms. The van der Waals surface area contributed by atoms with Crippen LogP contribution in [0.2, 0.25) is 5.02 Å². The molecule has 1 aromatic carbocycles. The fourth-order valence-corrected chi connectivity index (χ4v) is 5.40.